The maximum atomic E-state index is 13.8. The van der Waals surface area contributed by atoms with Gasteiger partial charge < -0.3 is 10.1 Å². The average Bonchev–Trinajstić information content (AvgIpc) is 3.12. The number of nitrogens with one attached hydrogen (secondary N) is 1. The second kappa shape index (κ2) is 7.11. The van der Waals surface area contributed by atoms with Gasteiger partial charge in [-0.1, -0.05) is 23.7 Å². The summed E-state index contributed by atoms with van der Waals surface area (Å²) in [6.07, 6.45) is 3.16. The van der Waals surface area contributed by atoms with Crippen LogP contribution in [-0.2, 0) is 9.53 Å². The first-order valence-electron chi connectivity index (χ1n) is 7.17. The number of carbonyl (C=O) groups excluding carboxylic acids is 1. The number of thiazole rings is 1. The molecule has 0 spiro atoms. The Kier molecular flexibility index (Phi) is 4.92. The maximum Gasteiger partial charge on any atom is 0.338 e. The van der Waals surface area contributed by atoms with Crippen molar-refractivity contribution < 1.29 is 13.9 Å². The van der Waals surface area contributed by atoms with Gasteiger partial charge in [0.05, 0.1) is 17.2 Å². The number of carbonyl (C=O) groups is 1. The Labute approximate surface area is 146 Å². The molecule has 1 N–H and O–H groups in total. The van der Waals surface area contributed by atoms with E-state index in [1.807, 2.05) is 5.38 Å². The van der Waals surface area contributed by atoms with Crippen LogP contribution in [0, 0.1) is 5.82 Å². The van der Waals surface area contributed by atoms with Gasteiger partial charge in [0.2, 0.25) is 0 Å². The minimum Gasteiger partial charge on any atom is -0.463 e. The van der Waals surface area contributed by atoms with Crippen LogP contribution in [0.3, 0.4) is 0 Å². The SMILES string of the molecule is CCOC(=O)C1=CNC(c2nccs2)=NC1c1cccc(F)c1Cl. The molecule has 2 heterocycles. The third-order valence-electron chi connectivity index (χ3n) is 3.34. The molecule has 0 amide bonds. The topological polar surface area (TPSA) is 63.6 Å². The molecule has 1 aromatic carbocycles. The summed E-state index contributed by atoms with van der Waals surface area (Å²) in [6, 6.07) is 3.65. The fourth-order valence-electron chi connectivity index (χ4n) is 2.27. The number of aliphatic imine (C=N–C) groups is 1. The summed E-state index contributed by atoms with van der Waals surface area (Å²) < 4.78 is 18.9. The number of hydrogen-bond donors (Lipinski definition) is 1. The number of halogens is 2. The first kappa shape index (κ1) is 16.6. The van der Waals surface area contributed by atoms with Crippen molar-refractivity contribution in [2.24, 2.45) is 4.99 Å². The number of hydrogen-bond acceptors (Lipinski definition) is 6. The minimum atomic E-state index is -0.771. The van der Waals surface area contributed by atoms with Crippen molar-refractivity contribution in [1.29, 1.82) is 0 Å². The second-order valence-electron chi connectivity index (χ2n) is 4.83. The number of aromatic nitrogens is 1. The highest BCUT2D eigenvalue weighted by molar-refractivity contribution is 7.11. The maximum absolute atomic E-state index is 13.8. The molecular weight excluding hydrogens is 353 g/mol. The number of amidine groups is 1. The highest BCUT2D eigenvalue weighted by Crippen LogP contribution is 2.35. The number of esters is 1. The Morgan fingerprint density at radius 1 is 1.50 bits per heavy atom. The van der Waals surface area contributed by atoms with Gasteiger partial charge in [0, 0.05) is 23.3 Å². The van der Waals surface area contributed by atoms with E-state index in [0.29, 0.717) is 16.4 Å². The summed E-state index contributed by atoms with van der Waals surface area (Å²) in [5.41, 5.74) is 0.649. The normalized spacial score (nSPS) is 16.9. The van der Waals surface area contributed by atoms with Crippen LogP contribution in [0.15, 0.2) is 46.5 Å². The summed E-state index contributed by atoms with van der Waals surface area (Å²) in [5.74, 6) is -0.609. The monoisotopic (exact) mass is 365 g/mol. The number of nitrogens with zero attached hydrogens (tertiary/aromatic N) is 2. The van der Waals surface area contributed by atoms with Crippen molar-refractivity contribution >= 4 is 34.7 Å². The van der Waals surface area contributed by atoms with Crippen LogP contribution in [0.4, 0.5) is 4.39 Å². The Balaban J connectivity index is 2.06. The Hall–Kier alpha value is -2.25. The van der Waals surface area contributed by atoms with E-state index in [4.69, 9.17) is 16.3 Å². The van der Waals surface area contributed by atoms with E-state index in [1.54, 1.807) is 19.2 Å². The second-order valence-corrected chi connectivity index (χ2v) is 6.10. The van der Waals surface area contributed by atoms with Gasteiger partial charge in [0.1, 0.15) is 11.9 Å². The highest BCUT2D eigenvalue weighted by Gasteiger charge is 2.30. The van der Waals surface area contributed by atoms with E-state index in [-0.39, 0.29) is 17.2 Å². The van der Waals surface area contributed by atoms with Gasteiger partial charge in [0.15, 0.2) is 10.8 Å². The number of rotatable bonds is 4. The average molecular weight is 366 g/mol. The lowest BCUT2D eigenvalue weighted by Gasteiger charge is -2.22. The molecule has 1 aliphatic rings. The van der Waals surface area contributed by atoms with Crippen molar-refractivity contribution in [3.05, 3.63) is 63.0 Å². The quantitative estimate of drug-likeness (QED) is 0.842. The van der Waals surface area contributed by atoms with Gasteiger partial charge in [0.25, 0.3) is 0 Å². The van der Waals surface area contributed by atoms with Crippen molar-refractivity contribution in [1.82, 2.24) is 10.3 Å². The van der Waals surface area contributed by atoms with Gasteiger partial charge in [-0.25, -0.2) is 14.2 Å². The molecule has 0 saturated carbocycles. The van der Waals surface area contributed by atoms with Crippen molar-refractivity contribution in [3.63, 3.8) is 0 Å². The predicted molar refractivity (Wildman–Crippen MR) is 90.7 cm³/mol. The third kappa shape index (κ3) is 3.18. The van der Waals surface area contributed by atoms with Crippen LogP contribution in [0.2, 0.25) is 5.02 Å². The molecule has 24 heavy (non-hydrogen) atoms. The van der Waals surface area contributed by atoms with E-state index < -0.39 is 17.8 Å². The lowest BCUT2D eigenvalue weighted by atomic mass is 9.98. The van der Waals surface area contributed by atoms with Gasteiger partial charge in [-0.3, -0.25) is 4.99 Å². The molecule has 0 fully saturated rings. The molecule has 0 aliphatic carbocycles. The van der Waals surface area contributed by atoms with Gasteiger partial charge in [-0.05, 0) is 13.0 Å². The molecule has 1 aliphatic heterocycles. The molecule has 2 aromatic rings. The van der Waals surface area contributed by atoms with Crippen LogP contribution < -0.4 is 5.32 Å². The van der Waals surface area contributed by atoms with Crippen LogP contribution in [-0.4, -0.2) is 23.4 Å². The summed E-state index contributed by atoms with van der Waals surface area (Å²) >= 11 is 7.49. The van der Waals surface area contributed by atoms with Crippen molar-refractivity contribution in [2.45, 2.75) is 13.0 Å². The molecule has 1 atom stereocenters. The fraction of sp³-hybridized carbons (Fsp3) is 0.188. The summed E-state index contributed by atoms with van der Waals surface area (Å²) in [7, 11) is 0. The van der Waals surface area contributed by atoms with Crippen LogP contribution in [0.25, 0.3) is 0 Å². The number of benzene rings is 1. The Morgan fingerprint density at radius 3 is 3.04 bits per heavy atom. The minimum absolute atomic E-state index is 0.0677. The molecule has 0 radical (unpaired) electrons. The molecule has 0 bridgehead atoms. The summed E-state index contributed by atoms with van der Waals surface area (Å²) in [5, 5.41) is 5.35. The van der Waals surface area contributed by atoms with E-state index >= 15 is 0 Å². The van der Waals surface area contributed by atoms with Crippen LogP contribution in [0.5, 0.6) is 0 Å². The Bertz CT molecular complexity index is 821. The van der Waals surface area contributed by atoms with Crippen molar-refractivity contribution in [3.8, 4) is 0 Å². The molecule has 5 nitrogen and oxygen atoms in total. The summed E-state index contributed by atoms with van der Waals surface area (Å²) in [6.45, 7) is 1.94. The first-order chi connectivity index (χ1) is 11.6. The first-order valence-corrected chi connectivity index (χ1v) is 8.43. The molecule has 8 heteroatoms. The highest BCUT2D eigenvalue weighted by atomic mass is 35.5. The van der Waals surface area contributed by atoms with E-state index in [1.165, 1.54) is 29.7 Å². The zero-order valence-electron chi connectivity index (χ0n) is 12.6. The number of ether oxygens (including phenoxy) is 1. The molecule has 1 aromatic heterocycles. The molecule has 124 valence electrons. The summed E-state index contributed by atoms with van der Waals surface area (Å²) in [4.78, 5) is 20.9. The zero-order chi connectivity index (χ0) is 17.1. The van der Waals surface area contributed by atoms with Gasteiger partial charge >= 0.3 is 5.97 Å². The third-order valence-corrected chi connectivity index (χ3v) is 4.52. The van der Waals surface area contributed by atoms with Crippen LogP contribution >= 0.6 is 22.9 Å². The predicted octanol–water partition coefficient (Wildman–Crippen LogP) is 3.47. The largest absolute Gasteiger partial charge is 0.463 e. The van der Waals surface area contributed by atoms with Gasteiger partial charge in [-0.15, -0.1) is 11.3 Å². The van der Waals surface area contributed by atoms with Crippen LogP contribution in [0.1, 0.15) is 23.5 Å². The van der Waals surface area contributed by atoms with E-state index in [0.717, 1.165) is 0 Å². The van der Waals surface area contributed by atoms with E-state index in [9.17, 15) is 9.18 Å². The fourth-order valence-corrected chi connectivity index (χ4v) is 3.10. The molecule has 3 rings (SSSR count). The standard InChI is InChI=1S/C16H13ClFN3O2S/c1-2-23-16(22)10-8-20-14(15-19-6-7-24-15)21-13(10)9-4-3-5-11(18)12(9)17/h3-8,13H,2H2,1H3,(H,20,21). The lowest BCUT2D eigenvalue weighted by Crippen LogP contribution is -2.29. The molecule has 0 saturated heterocycles. The van der Waals surface area contributed by atoms with E-state index in [2.05, 4.69) is 15.3 Å². The van der Waals surface area contributed by atoms with Crippen molar-refractivity contribution in [2.75, 3.05) is 6.61 Å². The lowest BCUT2D eigenvalue weighted by molar-refractivity contribution is -0.138. The molecule has 1 unspecified atom stereocenters. The molecular formula is C16H13ClFN3O2S. The van der Waals surface area contributed by atoms with Gasteiger partial charge in [-0.2, -0.15) is 0 Å². The smallest absolute Gasteiger partial charge is 0.338 e. The Morgan fingerprint density at radius 2 is 2.33 bits per heavy atom. The zero-order valence-corrected chi connectivity index (χ0v) is 14.2.